The first kappa shape index (κ1) is 23.1. The third kappa shape index (κ3) is 4.55. The number of aromatic hydroxyl groups is 1. The molecule has 1 saturated carbocycles. The second kappa shape index (κ2) is 9.06. The quantitative estimate of drug-likeness (QED) is 0.432. The van der Waals surface area contributed by atoms with Gasteiger partial charge in [0.2, 0.25) is 6.29 Å². The van der Waals surface area contributed by atoms with E-state index >= 15 is 0 Å². The van der Waals surface area contributed by atoms with Crippen LogP contribution in [0.15, 0.2) is 36.4 Å². The maximum atomic E-state index is 10.8. The van der Waals surface area contributed by atoms with Crippen LogP contribution in [0.25, 0.3) is 0 Å². The Morgan fingerprint density at radius 3 is 2.67 bits per heavy atom. The monoisotopic (exact) mass is 457 g/mol. The number of nitrogens with zero attached hydrogens (tertiary/aromatic N) is 1. The molecule has 0 unspecified atom stereocenters. The number of phenolic OH excluding ortho intramolecular Hbond substituents is 1. The fraction of sp³-hybridized carbons (Fsp3) is 0.440. The van der Waals surface area contributed by atoms with Crippen LogP contribution in [0.2, 0.25) is 0 Å². The van der Waals surface area contributed by atoms with Gasteiger partial charge in [0.25, 0.3) is 0 Å². The standard InChI is InChI=1S/C23H25N3O.C2HF3O/c24-14-15-5-1-2-7-19(15)26-21-12-16-11-20-17-6-3-4-8-23(17,9-10-25-20)18(16)13-22(21)27;3-2(4,5)1-6/h1-2,5,7,12-13,17,20,25-27H,3-4,6,8-11H2;1H/t17-,20+,23+;/m1./s1. The molecular weight excluding hydrogens is 431 g/mol. The first-order valence-electron chi connectivity index (χ1n) is 11.2. The van der Waals surface area contributed by atoms with Gasteiger partial charge in [0.05, 0.1) is 16.9 Å². The maximum absolute atomic E-state index is 10.8. The highest BCUT2D eigenvalue weighted by Crippen LogP contribution is 2.55. The molecule has 1 aliphatic heterocycles. The van der Waals surface area contributed by atoms with Crippen molar-refractivity contribution in [1.82, 2.24) is 5.32 Å². The summed E-state index contributed by atoms with van der Waals surface area (Å²) in [7, 11) is 0. The van der Waals surface area contributed by atoms with Gasteiger partial charge < -0.3 is 15.7 Å². The van der Waals surface area contributed by atoms with E-state index in [1.54, 1.807) is 6.07 Å². The van der Waals surface area contributed by atoms with Crippen LogP contribution < -0.4 is 10.6 Å². The maximum Gasteiger partial charge on any atom is 0.446 e. The fourth-order valence-corrected chi connectivity index (χ4v) is 5.91. The third-order valence-corrected chi connectivity index (χ3v) is 7.21. The number of piperidine rings is 1. The predicted octanol–water partition coefficient (Wildman–Crippen LogP) is 5.10. The third-order valence-electron chi connectivity index (χ3n) is 7.21. The summed E-state index contributed by atoms with van der Waals surface area (Å²) in [6.07, 6.45) is 1.66. The Balaban J connectivity index is 0.000000385. The zero-order chi connectivity index (χ0) is 23.6. The number of fused-ring (bicyclic) bond motifs is 1. The van der Waals surface area contributed by atoms with E-state index in [0.717, 1.165) is 18.7 Å². The highest BCUT2D eigenvalue weighted by atomic mass is 19.4. The number of hydrogen-bond donors (Lipinski definition) is 3. The van der Waals surface area contributed by atoms with Crippen LogP contribution in [0.3, 0.4) is 0 Å². The Morgan fingerprint density at radius 2 is 1.94 bits per heavy atom. The second-order valence-corrected chi connectivity index (χ2v) is 8.99. The number of alkyl halides is 3. The summed E-state index contributed by atoms with van der Waals surface area (Å²) in [6.45, 7) is 1.08. The Labute approximate surface area is 190 Å². The molecule has 0 spiro atoms. The number of carbonyl (C=O) groups is 1. The zero-order valence-corrected chi connectivity index (χ0v) is 18.1. The van der Waals surface area contributed by atoms with Crippen molar-refractivity contribution in [3.05, 3.63) is 53.1 Å². The van der Waals surface area contributed by atoms with Crippen LogP contribution >= 0.6 is 0 Å². The van der Waals surface area contributed by atoms with E-state index in [0.29, 0.717) is 23.2 Å². The minimum absolute atomic E-state index is 0.238. The van der Waals surface area contributed by atoms with Crippen molar-refractivity contribution in [3.8, 4) is 11.8 Å². The van der Waals surface area contributed by atoms with Crippen molar-refractivity contribution in [1.29, 1.82) is 5.26 Å². The van der Waals surface area contributed by atoms with Gasteiger partial charge in [-0.2, -0.15) is 18.4 Å². The van der Waals surface area contributed by atoms with E-state index in [2.05, 4.69) is 22.8 Å². The van der Waals surface area contributed by atoms with E-state index < -0.39 is 12.5 Å². The highest BCUT2D eigenvalue weighted by molar-refractivity contribution is 5.72. The summed E-state index contributed by atoms with van der Waals surface area (Å²) in [5.41, 5.74) is 4.97. The molecule has 1 saturated heterocycles. The predicted molar refractivity (Wildman–Crippen MR) is 118 cm³/mol. The lowest BCUT2D eigenvalue weighted by Gasteiger charge is -2.56. The van der Waals surface area contributed by atoms with Gasteiger partial charge in [-0.3, -0.25) is 4.79 Å². The lowest BCUT2D eigenvalue weighted by molar-refractivity contribution is -0.156. The second-order valence-electron chi connectivity index (χ2n) is 8.99. The highest BCUT2D eigenvalue weighted by Gasteiger charge is 2.51. The number of para-hydroxylation sites is 1. The molecule has 2 aliphatic carbocycles. The summed E-state index contributed by atoms with van der Waals surface area (Å²) < 4.78 is 31.2. The van der Waals surface area contributed by atoms with Gasteiger partial charge >= 0.3 is 6.18 Å². The molecule has 5 nitrogen and oxygen atoms in total. The number of carbonyl (C=O) groups excluding carboxylic acids is 1. The number of aldehydes is 1. The van der Waals surface area contributed by atoms with E-state index in [9.17, 15) is 23.5 Å². The van der Waals surface area contributed by atoms with Crippen LogP contribution in [0.1, 0.15) is 48.8 Å². The number of halogens is 3. The molecule has 2 fully saturated rings. The van der Waals surface area contributed by atoms with E-state index in [1.165, 1.54) is 43.2 Å². The summed E-state index contributed by atoms with van der Waals surface area (Å²) in [4.78, 5) is 8.70. The summed E-state index contributed by atoms with van der Waals surface area (Å²) in [5, 5.41) is 27.2. The largest absolute Gasteiger partial charge is 0.506 e. The number of nitriles is 1. The first-order valence-corrected chi connectivity index (χ1v) is 11.2. The van der Waals surface area contributed by atoms with Crippen LogP contribution in [0, 0.1) is 17.2 Å². The lowest BCUT2D eigenvalue weighted by Crippen LogP contribution is -2.59. The van der Waals surface area contributed by atoms with Crippen LogP contribution in [-0.2, 0) is 16.6 Å². The van der Waals surface area contributed by atoms with Gasteiger partial charge in [-0.25, -0.2) is 0 Å². The van der Waals surface area contributed by atoms with Crippen LogP contribution in [0.5, 0.6) is 5.75 Å². The van der Waals surface area contributed by atoms with Crippen molar-refractivity contribution < 1.29 is 23.1 Å². The molecular formula is C25H26F3N3O2. The number of hydrogen-bond acceptors (Lipinski definition) is 5. The van der Waals surface area contributed by atoms with Crippen molar-refractivity contribution in [3.63, 3.8) is 0 Å². The molecule has 5 rings (SSSR count). The molecule has 2 aromatic rings. The van der Waals surface area contributed by atoms with Gasteiger partial charge in [0, 0.05) is 11.5 Å². The number of benzene rings is 2. The number of phenols is 1. The van der Waals surface area contributed by atoms with Crippen molar-refractivity contribution in [2.45, 2.75) is 56.2 Å². The van der Waals surface area contributed by atoms with Crippen LogP contribution in [0.4, 0.5) is 24.5 Å². The minimum Gasteiger partial charge on any atom is -0.506 e. The average molecular weight is 457 g/mol. The van der Waals surface area contributed by atoms with Crippen molar-refractivity contribution >= 4 is 17.7 Å². The molecule has 8 heteroatoms. The SMILES string of the molecule is N#Cc1ccccc1Nc1cc2c(cc1O)[C@]13CCCC[C@@H]1[C@H](C2)NCC3.O=CC(F)(F)F. The van der Waals surface area contributed by atoms with E-state index in [-0.39, 0.29) is 11.2 Å². The Bertz CT molecular complexity index is 1080. The van der Waals surface area contributed by atoms with Gasteiger partial charge in [-0.1, -0.05) is 25.0 Å². The lowest BCUT2D eigenvalue weighted by atomic mass is 9.53. The minimum atomic E-state index is -4.64. The molecule has 3 N–H and O–H groups in total. The molecule has 1 heterocycles. The Morgan fingerprint density at radius 1 is 1.18 bits per heavy atom. The molecule has 2 bridgehead atoms. The van der Waals surface area contributed by atoms with Gasteiger partial charge in [-0.15, -0.1) is 0 Å². The zero-order valence-electron chi connectivity index (χ0n) is 18.1. The topological polar surface area (TPSA) is 85.2 Å². The number of anilines is 2. The normalized spacial score (nSPS) is 25.4. The van der Waals surface area contributed by atoms with E-state index in [1.807, 2.05) is 24.3 Å². The Kier molecular flexibility index (Phi) is 6.35. The molecule has 0 radical (unpaired) electrons. The summed E-state index contributed by atoms with van der Waals surface area (Å²) >= 11 is 0. The van der Waals surface area contributed by atoms with Crippen molar-refractivity contribution in [2.24, 2.45) is 5.92 Å². The molecule has 2 aromatic carbocycles. The Hall–Kier alpha value is -3.05. The number of nitrogens with one attached hydrogen (secondary N) is 2. The van der Waals surface area contributed by atoms with E-state index in [4.69, 9.17) is 4.79 Å². The smallest absolute Gasteiger partial charge is 0.446 e. The molecule has 0 aromatic heterocycles. The fourth-order valence-electron chi connectivity index (χ4n) is 5.91. The molecule has 174 valence electrons. The van der Waals surface area contributed by atoms with Crippen LogP contribution in [-0.4, -0.2) is 30.2 Å². The molecule has 3 atom stereocenters. The van der Waals surface area contributed by atoms with Gasteiger partial charge in [0.1, 0.15) is 11.8 Å². The molecule has 0 amide bonds. The van der Waals surface area contributed by atoms with Crippen molar-refractivity contribution in [2.75, 3.05) is 11.9 Å². The van der Waals surface area contributed by atoms with Gasteiger partial charge in [-0.05, 0) is 73.5 Å². The summed E-state index contributed by atoms with van der Waals surface area (Å²) in [6, 6.07) is 14.3. The molecule has 33 heavy (non-hydrogen) atoms. The first-order chi connectivity index (χ1) is 15.8. The van der Waals surface area contributed by atoms with Gasteiger partial charge in [0.15, 0.2) is 0 Å². The average Bonchev–Trinajstić information content (AvgIpc) is 2.80. The number of rotatable bonds is 2. The molecule has 3 aliphatic rings. The summed E-state index contributed by atoms with van der Waals surface area (Å²) in [5.74, 6) is 0.988.